The molecule has 0 saturated heterocycles. The number of thiazole rings is 1. The van der Waals surface area contributed by atoms with Crippen LogP contribution in [0.4, 0.5) is 0 Å². The Morgan fingerprint density at radius 3 is 3.00 bits per heavy atom. The summed E-state index contributed by atoms with van der Waals surface area (Å²) in [7, 11) is 2.02. The van der Waals surface area contributed by atoms with E-state index >= 15 is 0 Å². The minimum absolute atomic E-state index is 0.630. The van der Waals surface area contributed by atoms with Gasteiger partial charge in [-0.15, -0.1) is 11.3 Å². The highest BCUT2D eigenvalue weighted by molar-refractivity contribution is 7.11. The molecular weight excluding hydrogens is 232 g/mol. The number of guanidine groups is 1. The molecule has 0 aliphatic heterocycles. The number of rotatable bonds is 5. The molecule has 0 unspecified atom stereocenters. The normalized spacial score (nSPS) is 16.2. The molecule has 1 saturated carbocycles. The Hall–Kier alpha value is -1.10. The third kappa shape index (κ3) is 3.43. The number of hydrogen-bond acceptors (Lipinski definition) is 3. The summed E-state index contributed by atoms with van der Waals surface area (Å²) in [5, 5.41) is 1.16. The highest BCUT2D eigenvalue weighted by Gasteiger charge is 2.27. The van der Waals surface area contributed by atoms with Crippen LogP contribution in [0.2, 0.25) is 0 Å². The molecule has 4 nitrogen and oxygen atoms in total. The number of aromatic nitrogens is 1. The van der Waals surface area contributed by atoms with Crippen LogP contribution in [0, 0.1) is 0 Å². The number of hydrogen-bond donors (Lipinski definition) is 1. The van der Waals surface area contributed by atoms with Gasteiger partial charge in [0.15, 0.2) is 5.96 Å². The van der Waals surface area contributed by atoms with Gasteiger partial charge in [0, 0.05) is 37.1 Å². The van der Waals surface area contributed by atoms with E-state index in [-0.39, 0.29) is 0 Å². The first-order valence-corrected chi connectivity index (χ1v) is 6.98. The predicted molar refractivity (Wildman–Crippen MR) is 72.5 cm³/mol. The van der Waals surface area contributed by atoms with Crippen molar-refractivity contribution in [2.24, 2.45) is 10.7 Å². The van der Waals surface area contributed by atoms with E-state index in [0.29, 0.717) is 12.0 Å². The quantitative estimate of drug-likeness (QED) is 0.640. The maximum absolute atomic E-state index is 5.91. The molecule has 0 aromatic carbocycles. The average molecular weight is 252 g/mol. The Morgan fingerprint density at radius 2 is 2.41 bits per heavy atom. The molecule has 5 heteroatoms. The van der Waals surface area contributed by atoms with Crippen LogP contribution in [0.1, 0.15) is 29.7 Å². The van der Waals surface area contributed by atoms with E-state index in [2.05, 4.69) is 21.8 Å². The third-order valence-corrected chi connectivity index (χ3v) is 4.21. The van der Waals surface area contributed by atoms with Gasteiger partial charge in [-0.1, -0.05) is 6.92 Å². The topological polar surface area (TPSA) is 54.5 Å². The summed E-state index contributed by atoms with van der Waals surface area (Å²) in [5.74, 6) is 0.666. The average Bonchev–Trinajstić information content (AvgIpc) is 3.08. The molecule has 2 rings (SSSR count). The molecule has 0 spiro atoms. The van der Waals surface area contributed by atoms with Crippen molar-refractivity contribution >= 4 is 17.3 Å². The van der Waals surface area contributed by atoms with Crippen LogP contribution < -0.4 is 5.73 Å². The van der Waals surface area contributed by atoms with Gasteiger partial charge in [-0.05, 0) is 19.3 Å². The first-order valence-electron chi connectivity index (χ1n) is 6.17. The van der Waals surface area contributed by atoms with Crippen LogP contribution in [-0.4, -0.2) is 35.5 Å². The zero-order valence-corrected chi connectivity index (χ0v) is 11.3. The summed E-state index contributed by atoms with van der Waals surface area (Å²) < 4.78 is 0. The molecule has 1 aliphatic rings. The Morgan fingerprint density at radius 1 is 1.65 bits per heavy atom. The van der Waals surface area contributed by atoms with E-state index < -0.39 is 0 Å². The monoisotopic (exact) mass is 252 g/mol. The van der Waals surface area contributed by atoms with Crippen molar-refractivity contribution in [2.75, 3.05) is 13.6 Å². The van der Waals surface area contributed by atoms with Crippen LogP contribution in [-0.2, 0) is 12.8 Å². The summed E-state index contributed by atoms with van der Waals surface area (Å²) in [4.78, 5) is 12.2. The molecular formula is C12H20N4S. The summed E-state index contributed by atoms with van der Waals surface area (Å²) in [5.41, 5.74) is 5.91. The highest BCUT2D eigenvalue weighted by Crippen LogP contribution is 2.24. The highest BCUT2D eigenvalue weighted by atomic mass is 32.1. The Bertz CT molecular complexity index is 395. The maximum atomic E-state index is 5.91. The largest absolute Gasteiger partial charge is 0.370 e. The summed E-state index contributed by atoms with van der Waals surface area (Å²) in [6.45, 7) is 2.89. The molecule has 94 valence electrons. The second-order valence-corrected chi connectivity index (χ2v) is 5.61. The molecule has 17 heavy (non-hydrogen) atoms. The first kappa shape index (κ1) is 12.4. The molecule has 1 aliphatic carbocycles. The smallest absolute Gasteiger partial charge is 0.191 e. The van der Waals surface area contributed by atoms with E-state index in [1.165, 1.54) is 17.7 Å². The van der Waals surface area contributed by atoms with Crippen LogP contribution in [0.15, 0.2) is 11.2 Å². The number of nitrogens with zero attached hydrogens (tertiary/aromatic N) is 3. The fourth-order valence-corrected chi connectivity index (χ4v) is 2.50. The van der Waals surface area contributed by atoms with Gasteiger partial charge in [0.1, 0.15) is 0 Å². The minimum atomic E-state index is 0.630. The van der Waals surface area contributed by atoms with Crippen molar-refractivity contribution in [3.8, 4) is 0 Å². The molecule has 0 atom stereocenters. The SMILES string of the molecule is CCc1cnc(CCN=C(N)N(C)C2CC2)s1. The fourth-order valence-electron chi connectivity index (χ4n) is 1.65. The molecule has 1 aromatic heterocycles. The molecule has 1 heterocycles. The minimum Gasteiger partial charge on any atom is -0.370 e. The van der Waals surface area contributed by atoms with Crippen molar-refractivity contribution in [3.63, 3.8) is 0 Å². The second kappa shape index (κ2) is 5.49. The van der Waals surface area contributed by atoms with Gasteiger partial charge in [-0.2, -0.15) is 0 Å². The van der Waals surface area contributed by atoms with Gasteiger partial charge in [-0.3, -0.25) is 4.99 Å². The van der Waals surface area contributed by atoms with Gasteiger partial charge in [-0.25, -0.2) is 4.98 Å². The van der Waals surface area contributed by atoms with Crippen LogP contribution >= 0.6 is 11.3 Å². The van der Waals surface area contributed by atoms with E-state index in [4.69, 9.17) is 5.73 Å². The van der Waals surface area contributed by atoms with Crippen LogP contribution in [0.3, 0.4) is 0 Å². The maximum Gasteiger partial charge on any atom is 0.191 e. The Balaban J connectivity index is 1.79. The van der Waals surface area contributed by atoms with Gasteiger partial charge in [0.05, 0.1) is 5.01 Å². The molecule has 1 aromatic rings. The van der Waals surface area contributed by atoms with Crippen LogP contribution in [0.25, 0.3) is 0 Å². The lowest BCUT2D eigenvalue weighted by Gasteiger charge is -2.16. The summed E-state index contributed by atoms with van der Waals surface area (Å²) >= 11 is 1.78. The number of nitrogens with two attached hydrogens (primary N) is 1. The summed E-state index contributed by atoms with van der Waals surface area (Å²) in [6.07, 6.45) is 6.42. The molecule has 2 N–H and O–H groups in total. The molecule has 0 radical (unpaired) electrons. The molecule has 0 bridgehead atoms. The van der Waals surface area contributed by atoms with Gasteiger partial charge in [0.25, 0.3) is 0 Å². The second-order valence-electron chi connectivity index (χ2n) is 4.41. The molecule has 0 amide bonds. The van der Waals surface area contributed by atoms with E-state index in [9.17, 15) is 0 Å². The lowest BCUT2D eigenvalue weighted by molar-refractivity contribution is 0.487. The van der Waals surface area contributed by atoms with E-state index in [0.717, 1.165) is 24.4 Å². The van der Waals surface area contributed by atoms with Crippen molar-refractivity contribution in [1.82, 2.24) is 9.88 Å². The fraction of sp³-hybridized carbons (Fsp3) is 0.667. The van der Waals surface area contributed by atoms with Crippen molar-refractivity contribution in [2.45, 2.75) is 38.6 Å². The van der Waals surface area contributed by atoms with Crippen molar-refractivity contribution < 1.29 is 0 Å². The zero-order chi connectivity index (χ0) is 12.3. The third-order valence-electron chi connectivity index (χ3n) is 3.01. The lowest BCUT2D eigenvalue weighted by atomic mass is 10.4. The van der Waals surface area contributed by atoms with E-state index in [1.54, 1.807) is 11.3 Å². The lowest BCUT2D eigenvalue weighted by Crippen LogP contribution is -2.35. The van der Waals surface area contributed by atoms with E-state index in [1.807, 2.05) is 13.2 Å². The van der Waals surface area contributed by atoms with Crippen LogP contribution in [0.5, 0.6) is 0 Å². The summed E-state index contributed by atoms with van der Waals surface area (Å²) in [6, 6.07) is 0.630. The predicted octanol–water partition coefficient (Wildman–Crippen LogP) is 1.66. The van der Waals surface area contributed by atoms with Crippen molar-refractivity contribution in [3.05, 3.63) is 16.1 Å². The van der Waals surface area contributed by atoms with Crippen molar-refractivity contribution in [1.29, 1.82) is 0 Å². The molecule has 1 fully saturated rings. The van der Waals surface area contributed by atoms with Gasteiger partial charge in [0.2, 0.25) is 0 Å². The van der Waals surface area contributed by atoms with Gasteiger partial charge >= 0.3 is 0 Å². The zero-order valence-electron chi connectivity index (χ0n) is 10.5. The first-order chi connectivity index (χ1) is 8.20. The Labute approximate surface area is 107 Å². The Kier molecular flexibility index (Phi) is 3.99. The number of aliphatic imine (C=N–C) groups is 1. The number of aryl methyl sites for hydroxylation is 1. The van der Waals surface area contributed by atoms with Gasteiger partial charge < -0.3 is 10.6 Å². The standard InChI is InChI=1S/C12H20N4S/c1-3-10-8-15-11(17-10)6-7-14-12(13)16(2)9-4-5-9/h8-9H,3-7H2,1-2H3,(H2,13,14).